The highest BCUT2D eigenvalue weighted by Gasteiger charge is 2.12. The summed E-state index contributed by atoms with van der Waals surface area (Å²) in [4.78, 5) is 8.89. The maximum atomic E-state index is 4.72. The van der Waals surface area contributed by atoms with Crippen molar-refractivity contribution in [2.75, 3.05) is 0 Å². The Kier molecular flexibility index (Phi) is 3.34. The minimum Gasteiger partial charge on any atom is -0.309 e. The molecule has 3 aromatic carbocycles. The Morgan fingerprint density at radius 1 is 0.714 bits per heavy atom. The van der Waals surface area contributed by atoms with Gasteiger partial charge < -0.3 is 4.57 Å². The van der Waals surface area contributed by atoms with Gasteiger partial charge in [-0.15, -0.1) is 11.3 Å². The van der Waals surface area contributed by atoms with Gasteiger partial charge >= 0.3 is 0 Å². The van der Waals surface area contributed by atoms with Crippen LogP contribution in [0.5, 0.6) is 0 Å². The van der Waals surface area contributed by atoms with E-state index in [2.05, 4.69) is 82.3 Å². The molecule has 0 fully saturated rings. The molecule has 0 radical (unpaired) electrons. The molecule has 0 bridgehead atoms. The van der Waals surface area contributed by atoms with Crippen LogP contribution in [0.2, 0.25) is 0 Å². The van der Waals surface area contributed by atoms with Gasteiger partial charge in [-0.25, -0.2) is 4.98 Å². The van der Waals surface area contributed by atoms with Crippen molar-refractivity contribution >= 4 is 43.4 Å². The summed E-state index contributed by atoms with van der Waals surface area (Å²) >= 11 is 1.70. The molecule has 0 aliphatic heterocycles. The molecule has 0 amide bonds. The van der Waals surface area contributed by atoms with Gasteiger partial charge in [-0.2, -0.15) is 0 Å². The van der Waals surface area contributed by atoms with E-state index >= 15 is 0 Å². The van der Waals surface area contributed by atoms with Crippen molar-refractivity contribution in [2.24, 2.45) is 0 Å². The van der Waals surface area contributed by atoms with Crippen molar-refractivity contribution in [2.45, 2.75) is 0 Å². The summed E-state index contributed by atoms with van der Waals surface area (Å²) in [6.45, 7) is 0. The van der Waals surface area contributed by atoms with Gasteiger partial charge in [0.15, 0.2) is 0 Å². The molecule has 132 valence electrons. The first-order valence-electron chi connectivity index (χ1n) is 9.18. The number of benzene rings is 3. The minimum absolute atomic E-state index is 0.953. The smallest absolute Gasteiger partial charge is 0.124 e. The SMILES string of the molecule is c1ccc2c(c1)c1ccccc1n2-c1ccc(-c2nc3cnccc3s2)cc1. The van der Waals surface area contributed by atoms with Crippen molar-refractivity contribution in [3.05, 3.63) is 91.3 Å². The normalized spacial score (nSPS) is 11.6. The lowest BCUT2D eigenvalue weighted by Crippen LogP contribution is -1.93. The van der Waals surface area contributed by atoms with Crippen LogP contribution in [0, 0.1) is 0 Å². The monoisotopic (exact) mass is 377 g/mol. The van der Waals surface area contributed by atoms with Crippen molar-refractivity contribution < 1.29 is 0 Å². The number of hydrogen-bond donors (Lipinski definition) is 0. The molecule has 0 aliphatic rings. The van der Waals surface area contributed by atoms with E-state index in [-0.39, 0.29) is 0 Å². The Balaban J connectivity index is 1.52. The molecule has 0 atom stereocenters. The Morgan fingerprint density at radius 3 is 2.07 bits per heavy atom. The van der Waals surface area contributed by atoms with Gasteiger partial charge in [0.25, 0.3) is 0 Å². The van der Waals surface area contributed by atoms with Crippen LogP contribution < -0.4 is 0 Å². The number of hydrogen-bond acceptors (Lipinski definition) is 3. The molecular weight excluding hydrogens is 362 g/mol. The second-order valence-electron chi connectivity index (χ2n) is 6.78. The molecule has 6 rings (SSSR count). The summed E-state index contributed by atoms with van der Waals surface area (Å²) < 4.78 is 3.49. The van der Waals surface area contributed by atoms with Crippen LogP contribution in [0.4, 0.5) is 0 Å². The maximum absolute atomic E-state index is 4.72. The highest BCUT2D eigenvalue weighted by Crippen LogP contribution is 2.33. The summed E-state index contributed by atoms with van der Waals surface area (Å²) in [5.74, 6) is 0. The lowest BCUT2D eigenvalue weighted by Gasteiger charge is -2.08. The van der Waals surface area contributed by atoms with Gasteiger partial charge in [-0.3, -0.25) is 4.98 Å². The number of pyridine rings is 1. The lowest BCUT2D eigenvalue weighted by molar-refractivity contribution is 1.18. The fourth-order valence-corrected chi connectivity index (χ4v) is 4.80. The van der Waals surface area contributed by atoms with E-state index in [9.17, 15) is 0 Å². The van der Waals surface area contributed by atoms with Crippen molar-refractivity contribution in [3.63, 3.8) is 0 Å². The van der Waals surface area contributed by atoms with E-state index in [1.165, 1.54) is 21.8 Å². The second kappa shape index (κ2) is 6.01. The number of fused-ring (bicyclic) bond motifs is 4. The molecule has 0 spiro atoms. The largest absolute Gasteiger partial charge is 0.309 e. The Hall–Kier alpha value is -3.50. The van der Waals surface area contributed by atoms with Gasteiger partial charge in [-0.1, -0.05) is 36.4 Å². The second-order valence-corrected chi connectivity index (χ2v) is 7.81. The number of aromatic nitrogens is 3. The fourth-order valence-electron chi connectivity index (χ4n) is 3.86. The maximum Gasteiger partial charge on any atom is 0.124 e. The molecule has 0 unspecified atom stereocenters. The van der Waals surface area contributed by atoms with Crippen LogP contribution in [0.25, 0.3) is 48.3 Å². The van der Waals surface area contributed by atoms with E-state index in [4.69, 9.17) is 4.98 Å². The third-order valence-corrected chi connectivity index (χ3v) is 6.23. The van der Waals surface area contributed by atoms with Crippen LogP contribution in [0.15, 0.2) is 91.3 Å². The number of nitrogens with zero attached hydrogens (tertiary/aromatic N) is 3. The summed E-state index contributed by atoms with van der Waals surface area (Å²) in [6, 6.07) is 27.8. The molecule has 28 heavy (non-hydrogen) atoms. The number of para-hydroxylation sites is 2. The van der Waals surface area contributed by atoms with Gasteiger partial charge in [0.05, 0.1) is 21.9 Å². The molecule has 4 heteroatoms. The van der Waals surface area contributed by atoms with Gasteiger partial charge in [0.1, 0.15) is 10.5 Å². The average molecular weight is 377 g/mol. The summed E-state index contributed by atoms with van der Waals surface area (Å²) in [6.07, 6.45) is 3.64. The molecule has 3 nitrogen and oxygen atoms in total. The number of rotatable bonds is 2. The molecule has 0 saturated carbocycles. The Bertz CT molecular complexity index is 1370. The number of thiazole rings is 1. The zero-order valence-corrected chi connectivity index (χ0v) is 15.7. The fraction of sp³-hybridized carbons (Fsp3) is 0. The van der Waals surface area contributed by atoms with E-state index in [1.54, 1.807) is 11.3 Å². The van der Waals surface area contributed by atoms with Gasteiger partial charge in [0.2, 0.25) is 0 Å². The summed E-state index contributed by atoms with van der Waals surface area (Å²) in [5, 5.41) is 3.58. The van der Waals surface area contributed by atoms with Crippen LogP contribution in [0.3, 0.4) is 0 Å². The van der Waals surface area contributed by atoms with Crippen molar-refractivity contribution in [1.29, 1.82) is 0 Å². The molecule has 3 aromatic heterocycles. The standard InChI is InChI=1S/C24H15N3S/c1-3-7-21-18(5-1)19-6-2-4-8-22(19)27(21)17-11-9-16(10-12-17)24-26-20-15-25-14-13-23(20)28-24/h1-15H. The minimum atomic E-state index is 0.953. The molecular formula is C24H15N3S. The Morgan fingerprint density at radius 2 is 1.39 bits per heavy atom. The zero-order chi connectivity index (χ0) is 18.5. The van der Waals surface area contributed by atoms with E-state index in [0.717, 1.165) is 26.5 Å². The highest BCUT2D eigenvalue weighted by atomic mass is 32.1. The first-order valence-corrected chi connectivity index (χ1v) is 10.00. The summed E-state index contributed by atoms with van der Waals surface area (Å²) in [7, 11) is 0. The molecule has 3 heterocycles. The predicted molar refractivity (Wildman–Crippen MR) is 117 cm³/mol. The third-order valence-electron chi connectivity index (χ3n) is 5.14. The molecule has 6 aromatic rings. The predicted octanol–water partition coefficient (Wildman–Crippen LogP) is 6.46. The van der Waals surface area contributed by atoms with Gasteiger partial charge in [0, 0.05) is 28.2 Å². The first kappa shape index (κ1) is 15.5. The van der Waals surface area contributed by atoms with Crippen LogP contribution in [0.1, 0.15) is 0 Å². The van der Waals surface area contributed by atoms with E-state index < -0.39 is 0 Å². The van der Waals surface area contributed by atoms with Crippen molar-refractivity contribution in [3.8, 4) is 16.3 Å². The average Bonchev–Trinajstić information content (AvgIpc) is 3.33. The highest BCUT2D eigenvalue weighted by molar-refractivity contribution is 7.21. The van der Waals surface area contributed by atoms with Crippen LogP contribution in [-0.4, -0.2) is 14.5 Å². The topological polar surface area (TPSA) is 30.7 Å². The van der Waals surface area contributed by atoms with E-state index in [0.29, 0.717) is 0 Å². The van der Waals surface area contributed by atoms with E-state index in [1.807, 2.05) is 18.5 Å². The molecule has 0 saturated heterocycles. The van der Waals surface area contributed by atoms with Crippen LogP contribution >= 0.6 is 11.3 Å². The quantitative estimate of drug-likeness (QED) is 0.347. The Labute approximate surface area is 165 Å². The lowest BCUT2D eigenvalue weighted by atomic mass is 10.2. The summed E-state index contributed by atoms with van der Waals surface area (Å²) in [5.41, 5.74) is 5.69. The zero-order valence-electron chi connectivity index (χ0n) is 14.9. The van der Waals surface area contributed by atoms with Crippen LogP contribution in [-0.2, 0) is 0 Å². The van der Waals surface area contributed by atoms with Crippen molar-refractivity contribution in [1.82, 2.24) is 14.5 Å². The first-order chi connectivity index (χ1) is 13.9. The molecule has 0 N–H and O–H groups in total. The molecule has 0 aliphatic carbocycles. The third kappa shape index (κ3) is 2.28. The van der Waals surface area contributed by atoms with Gasteiger partial charge in [-0.05, 0) is 42.5 Å².